The SMILES string of the molecule is Cc1cccc(-n2c(C)nn(CN3CCN(c4ccccc4)CC3)c2=S)c1. The maximum atomic E-state index is 5.73. The Bertz CT molecular complexity index is 968. The maximum Gasteiger partial charge on any atom is 0.203 e. The zero-order valence-corrected chi connectivity index (χ0v) is 16.7. The van der Waals surface area contributed by atoms with Crippen molar-refractivity contribution in [2.45, 2.75) is 20.5 Å². The van der Waals surface area contributed by atoms with Gasteiger partial charge >= 0.3 is 0 Å². The molecule has 1 aliphatic rings. The minimum Gasteiger partial charge on any atom is -0.369 e. The van der Waals surface area contributed by atoms with E-state index in [9.17, 15) is 0 Å². The van der Waals surface area contributed by atoms with Crippen molar-refractivity contribution in [2.75, 3.05) is 31.1 Å². The van der Waals surface area contributed by atoms with E-state index in [0.717, 1.165) is 49.1 Å². The van der Waals surface area contributed by atoms with Crippen LogP contribution in [0.25, 0.3) is 5.69 Å². The average molecular weight is 380 g/mol. The molecule has 4 rings (SSSR count). The van der Waals surface area contributed by atoms with E-state index in [1.54, 1.807) is 0 Å². The molecule has 1 saturated heterocycles. The number of nitrogens with zero attached hydrogens (tertiary/aromatic N) is 5. The third kappa shape index (κ3) is 3.82. The van der Waals surface area contributed by atoms with E-state index in [1.807, 2.05) is 11.6 Å². The number of aryl methyl sites for hydroxylation is 2. The van der Waals surface area contributed by atoms with E-state index in [1.165, 1.54) is 11.3 Å². The Morgan fingerprint density at radius 3 is 2.30 bits per heavy atom. The van der Waals surface area contributed by atoms with Crippen LogP contribution in [0.2, 0.25) is 0 Å². The molecule has 1 fully saturated rings. The molecule has 0 N–H and O–H groups in total. The number of para-hydroxylation sites is 1. The van der Waals surface area contributed by atoms with Crippen molar-refractivity contribution < 1.29 is 0 Å². The van der Waals surface area contributed by atoms with Crippen LogP contribution in [0.1, 0.15) is 11.4 Å². The van der Waals surface area contributed by atoms with Gasteiger partial charge in [0.2, 0.25) is 4.77 Å². The molecule has 6 heteroatoms. The van der Waals surface area contributed by atoms with Gasteiger partial charge in [-0.2, -0.15) is 5.10 Å². The van der Waals surface area contributed by atoms with Crippen molar-refractivity contribution in [1.82, 2.24) is 19.2 Å². The molecule has 5 nitrogen and oxygen atoms in total. The number of aromatic nitrogens is 3. The van der Waals surface area contributed by atoms with E-state index >= 15 is 0 Å². The van der Waals surface area contributed by atoms with Crippen LogP contribution in [0.5, 0.6) is 0 Å². The van der Waals surface area contributed by atoms with E-state index < -0.39 is 0 Å². The molecule has 2 aromatic carbocycles. The lowest BCUT2D eigenvalue weighted by molar-refractivity contribution is 0.194. The molecule has 0 spiro atoms. The van der Waals surface area contributed by atoms with E-state index in [2.05, 4.69) is 75.9 Å². The summed E-state index contributed by atoms with van der Waals surface area (Å²) in [5.74, 6) is 0.925. The molecule has 2 heterocycles. The number of hydrogen-bond acceptors (Lipinski definition) is 4. The summed E-state index contributed by atoms with van der Waals surface area (Å²) in [6.07, 6.45) is 0. The smallest absolute Gasteiger partial charge is 0.203 e. The second kappa shape index (κ2) is 7.66. The predicted octanol–water partition coefficient (Wildman–Crippen LogP) is 3.80. The molecule has 1 aliphatic heterocycles. The lowest BCUT2D eigenvalue weighted by Gasteiger charge is -2.35. The van der Waals surface area contributed by atoms with E-state index in [4.69, 9.17) is 17.3 Å². The summed E-state index contributed by atoms with van der Waals surface area (Å²) in [6, 6.07) is 19.0. The number of anilines is 1. The highest BCUT2D eigenvalue weighted by Gasteiger charge is 2.19. The molecular formula is C21H25N5S. The van der Waals surface area contributed by atoms with Gasteiger partial charge in [0.1, 0.15) is 5.82 Å². The maximum absolute atomic E-state index is 5.73. The van der Waals surface area contributed by atoms with Crippen LogP contribution in [-0.2, 0) is 6.67 Å². The van der Waals surface area contributed by atoms with Gasteiger partial charge in [-0.15, -0.1) is 0 Å². The fourth-order valence-corrected chi connectivity index (χ4v) is 3.98. The molecular weight excluding hydrogens is 354 g/mol. The normalized spacial score (nSPS) is 15.3. The van der Waals surface area contributed by atoms with Crippen LogP contribution in [0.3, 0.4) is 0 Å². The zero-order chi connectivity index (χ0) is 18.8. The quantitative estimate of drug-likeness (QED) is 0.645. The zero-order valence-electron chi connectivity index (χ0n) is 15.9. The summed E-state index contributed by atoms with van der Waals surface area (Å²) in [7, 11) is 0. The lowest BCUT2D eigenvalue weighted by Crippen LogP contribution is -2.47. The predicted molar refractivity (Wildman–Crippen MR) is 112 cm³/mol. The number of rotatable bonds is 4. The van der Waals surface area contributed by atoms with Crippen LogP contribution in [0, 0.1) is 18.6 Å². The monoisotopic (exact) mass is 379 g/mol. The van der Waals surface area contributed by atoms with Crippen LogP contribution in [0.4, 0.5) is 5.69 Å². The van der Waals surface area contributed by atoms with Crippen molar-refractivity contribution in [3.8, 4) is 5.69 Å². The third-order valence-corrected chi connectivity index (χ3v) is 5.48. The first-order chi connectivity index (χ1) is 13.1. The van der Waals surface area contributed by atoms with Crippen LogP contribution < -0.4 is 4.90 Å². The average Bonchev–Trinajstić information content (AvgIpc) is 2.96. The topological polar surface area (TPSA) is 29.2 Å². The molecule has 0 bridgehead atoms. The first-order valence-corrected chi connectivity index (χ1v) is 9.78. The molecule has 0 saturated carbocycles. The van der Waals surface area contributed by atoms with Gasteiger partial charge < -0.3 is 4.90 Å². The fraction of sp³-hybridized carbons (Fsp3) is 0.333. The Hall–Kier alpha value is -2.44. The molecule has 0 atom stereocenters. The van der Waals surface area contributed by atoms with Crippen molar-refractivity contribution in [3.05, 3.63) is 70.8 Å². The number of benzene rings is 2. The molecule has 1 aromatic heterocycles. The minimum atomic E-state index is 0.737. The lowest BCUT2D eigenvalue weighted by atomic mass is 10.2. The highest BCUT2D eigenvalue weighted by Crippen LogP contribution is 2.17. The van der Waals surface area contributed by atoms with Crippen molar-refractivity contribution in [2.24, 2.45) is 0 Å². The third-order valence-electron chi connectivity index (χ3n) is 5.09. The Morgan fingerprint density at radius 2 is 1.59 bits per heavy atom. The minimum absolute atomic E-state index is 0.737. The summed E-state index contributed by atoms with van der Waals surface area (Å²) in [6.45, 7) is 8.91. The van der Waals surface area contributed by atoms with Gasteiger partial charge in [0.05, 0.1) is 6.67 Å². The van der Waals surface area contributed by atoms with Crippen molar-refractivity contribution >= 4 is 17.9 Å². The van der Waals surface area contributed by atoms with E-state index in [0.29, 0.717) is 0 Å². The Labute approximate surface area is 165 Å². The van der Waals surface area contributed by atoms with Gasteiger partial charge in [0.15, 0.2) is 0 Å². The van der Waals surface area contributed by atoms with Gasteiger partial charge in [-0.05, 0) is 55.9 Å². The van der Waals surface area contributed by atoms with Gasteiger partial charge in [-0.1, -0.05) is 30.3 Å². The van der Waals surface area contributed by atoms with Gasteiger partial charge in [-0.3, -0.25) is 9.47 Å². The molecule has 140 valence electrons. The van der Waals surface area contributed by atoms with Crippen LogP contribution in [-0.4, -0.2) is 45.4 Å². The molecule has 27 heavy (non-hydrogen) atoms. The molecule has 0 aliphatic carbocycles. The first kappa shape index (κ1) is 17.9. The standard InChI is InChI=1S/C21H25N5S/c1-17-7-6-10-20(15-17)26-18(2)22-25(21(26)27)16-23-11-13-24(14-12-23)19-8-4-3-5-9-19/h3-10,15H,11-14,16H2,1-2H3. The molecule has 0 unspecified atom stereocenters. The second-order valence-electron chi connectivity index (χ2n) is 7.09. The molecule has 3 aromatic rings. The number of hydrogen-bond donors (Lipinski definition) is 0. The first-order valence-electron chi connectivity index (χ1n) is 9.38. The number of piperazine rings is 1. The van der Waals surface area contributed by atoms with Crippen molar-refractivity contribution in [3.63, 3.8) is 0 Å². The van der Waals surface area contributed by atoms with Gasteiger partial charge in [0, 0.05) is 37.6 Å². The summed E-state index contributed by atoms with van der Waals surface area (Å²) in [4.78, 5) is 4.86. The fourth-order valence-electron chi connectivity index (χ4n) is 3.65. The second-order valence-corrected chi connectivity index (χ2v) is 7.45. The Balaban J connectivity index is 1.47. The van der Waals surface area contributed by atoms with E-state index in [-0.39, 0.29) is 0 Å². The summed E-state index contributed by atoms with van der Waals surface area (Å²) >= 11 is 5.73. The molecule has 0 amide bonds. The van der Waals surface area contributed by atoms with Crippen LogP contribution in [0.15, 0.2) is 54.6 Å². The molecule has 0 radical (unpaired) electrons. The van der Waals surface area contributed by atoms with Crippen LogP contribution >= 0.6 is 12.2 Å². The summed E-state index contributed by atoms with van der Waals surface area (Å²) in [5.41, 5.74) is 3.60. The highest BCUT2D eigenvalue weighted by atomic mass is 32.1. The highest BCUT2D eigenvalue weighted by molar-refractivity contribution is 7.71. The Morgan fingerprint density at radius 1 is 0.889 bits per heavy atom. The largest absolute Gasteiger partial charge is 0.369 e. The van der Waals surface area contributed by atoms with Gasteiger partial charge in [-0.25, -0.2) is 4.68 Å². The van der Waals surface area contributed by atoms with Gasteiger partial charge in [0.25, 0.3) is 0 Å². The Kier molecular flexibility index (Phi) is 5.09. The van der Waals surface area contributed by atoms with Crippen molar-refractivity contribution in [1.29, 1.82) is 0 Å². The summed E-state index contributed by atoms with van der Waals surface area (Å²) < 4.78 is 4.76. The summed E-state index contributed by atoms with van der Waals surface area (Å²) in [5, 5.41) is 4.71.